The highest BCUT2D eigenvalue weighted by Gasteiger charge is 2.70. The van der Waals surface area contributed by atoms with E-state index in [1.165, 1.54) is 12.5 Å². The molecule has 0 aromatic carbocycles. The van der Waals surface area contributed by atoms with Crippen LogP contribution in [0.5, 0.6) is 0 Å². The zero-order valence-corrected chi connectivity index (χ0v) is 29.3. The predicted molar refractivity (Wildman–Crippen MR) is 165 cm³/mol. The lowest BCUT2D eigenvalue weighted by Crippen LogP contribution is -3.00. The van der Waals surface area contributed by atoms with Gasteiger partial charge in [0, 0.05) is 18.3 Å². The third kappa shape index (κ3) is 5.29. The molecule has 5 aliphatic carbocycles. The lowest BCUT2D eigenvalue weighted by atomic mass is 9.33. The van der Waals surface area contributed by atoms with Gasteiger partial charge in [-0.3, -0.25) is 14.4 Å². The molecule has 0 spiro atoms. The fourth-order valence-electron chi connectivity index (χ4n) is 11.4. The van der Waals surface area contributed by atoms with Gasteiger partial charge < -0.3 is 32.3 Å². The number of quaternary nitrogens is 1. The van der Waals surface area contributed by atoms with Gasteiger partial charge >= 0.3 is 11.9 Å². The third-order valence-electron chi connectivity index (χ3n) is 14.2. The van der Waals surface area contributed by atoms with Crippen molar-refractivity contribution in [3.63, 3.8) is 0 Å². The Kier molecular flexibility index (Phi) is 9.64. The lowest BCUT2D eigenvalue weighted by molar-refractivity contribution is -0.656. The second-order valence-corrected chi connectivity index (χ2v) is 16.9. The largest absolute Gasteiger partial charge is 1.00 e. The molecule has 0 aliphatic heterocycles. The van der Waals surface area contributed by atoms with E-state index in [1.54, 1.807) is 0 Å². The van der Waals surface area contributed by atoms with Crippen molar-refractivity contribution in [2.75, 3.05) is 26.3 Å². The number of ketones is 1. The van der Waals surface area contributed by atoms with Crippen LogP contribution in [0.4, 0.5) is 0 Å². The minimum atomic E-state index is -0.566. The summed E-state index contributed by atoms with van der Waals surface area (Å²) >= 11 is 0. The number of aliphatic hydroxyl groups is 1. The molecule has 0 heterocycles. The monoisotopic (exact) mass is 635 g/mol. The summed E-state index contributed by atoms with van der Waals surface area (Å²) in [5.74, 6) is 0.361. The topological polar surface area (TPSA) is 107 Å². The Bertz CT molecular complexity index is 1190. The Morgan fingerprint density at radius 1 is 0.955 bits per heavy atom. The minimum absolute atomic E-state index is 0. The zero-order valence-electron chi connectivity index (χ0n) is 28.5. The summed E-state index contributed by atoms with van der Waals surface area (Å²) < 4.78 is 11.6. The molecule has 5 rings (SSSR count). The van der Waals surface area contributed by atoms with Gasteiger partial charge in [0.15, 0.2) is 5.78 Å². The summed E-state index contributed by atoms with van der Waals surface area (Å²) in [5.41, 5.74) is 0.184. The van der Waals surface area contributed by atoms with Crippen LogP contribution in [0.15, 0.2) is 11.6 Å². The summed E-state index contributed by atoms with van der Waals surface area (Å²) in [6.45, 7) is 19.4. The molecule has 0 aromatic rings. The molecule has 3 N–H and O–H groups in total. The number of rotatable bonds is 7. The van der Waals surface area contributed by atoms with Gasteiger partial charge in [0.1, 0.15) is 19.3 Å². The van der Waals surface area contributed by atoms with E-state index in [1.807, 2.05) is 5.32 Å². The van der Waals surface area contributed by atoms with E-state index < -0.39 is 5.41 Å². The molecule has 5 aliphatic rings. The van der Waals surface area contributed by atoms with Gasteiger partial charge in [-0.25, -0.2) is 0 Å². The highest BCUT2D eigenvalue weighted by molar-refractivity contribution is 5.95. The van der Waals surface area contributed by atoms with Crippen molar-refractivity contribution >= 4 is 17.7 Å². The van der Waals surface area contributed by atoms with Crippen molar-refractivity contribution in [2.45, 2.75) is 119 Å². The maximum atomic E-state index is 14.6. The van der Waals surface area contributed by atoms with Crippen LogP contribution in [0.3, 0.4) is 0 Å². The van der Waals surface area contributed by atoms with Crippen LogP contribution in [-0.2, 0) is 23.9 Å². The SMILES string of the molecule is CC(=O)O[C@H]1CC[C@]2(C)[C@H]3C(=O)C=C4[C@@H]5C[C@@](C)(C(=O)OCC[NH2+]CCO)CC[C@]5(C)CC[C@@]4(C)[C@]3(C)CC[C@H]2C1(C)C.[Cl-]. The minimum Gasteiger partial charge on any atom is -1.00 e. The van der Waals surface area contributed by atoms with E-state index >= 15 is 0 Å². The van der Waals surface area contributed by atoms with Gasteiger partial charge in [-0.2, -0.15) is 0 Å². The lowest BCUT2D eigenvalue weighted by Gasteiger charge is -2.70. The second kappa shape index (κ2) is 12.0. The van der Waals surface area contributed by atoms with E-state index in [0.717, 1.165) is 57.8 Å². The number of hydrogen-bond acceptors (Lipinski definition) is 6. The van der Waals surface area contributed by atoms with Crippen LogP contribution in [0, 0.1) is 50.2 Å². The van der Waals surface area contributed by atoms with Crippen molar-refractivity contribution in [3.05, 3.63) is 11.6 Å². The molecule has 0 amide bonds. The summed E-state index contributed by atoms with van der Waals surface area (Å²) in [6, 6.07) is 0. The Morgan fingerprint density at radius 2 is 1.64 bits per heavy atom. The summed E-state index contributed by atoms with van der Waals surface area (Å²) in [6.07, 6.45) is 10.4. The van der Waals surface area contributed by atoms with Gasteiger partial charge in [-0.05, 0) is 104 Å². The van der Waals surface area contributed by atoms with Gasteiger partial charge in [0.25, 0.3) is 0 Å². The maximum absolute atomic E-state index is 14.6. The Hall–Kier alpha value is -1.44. The molecular weight excluding hydrogens is 578 g/mol. The summed E-state index contributed by atoms with van der Waals surface area (Å²) in [4.78, 5) is 40.0. The van der Waals surface area contributed by atoms with Crippen molar-refractivity contribution in [1.29, 1.82) is 0 Å². The van der Waals surface area contributed by atoms with Gasteiger partial charge in [0.05, 0.1) is 18.6 Å². The first-order chi connectivity index (χ1) is 20.0. The quantitative estimate of drug-likeness (QED) is 0.328. The van der Waals surface area contributed by atoms with Crippen LogP contribution < -0.4 is 17.7 Å². The fourth-order valence-corrected chi connectivity index (χ4v) is 11.4. The molecule has 4 fully saturated rings. The molecule has 0 unspecified atom stereocenters. The van der Waals surface area contributed by atoms with E-state index in [4.69, 9.17) is 14.6 Å². The fraction of sp³-hybridized carbons (Fsp3) is 0.861. The van der Waals surface area contributed by atoms with Gasteiger partial charge in [-0.15, -0.1) is 0 Å². The number of esters is 2. The molecule has 7 nitrogen and oxygen atoms in total. The number of carbonyl (C=O) groups is 3. The molecule has 4 saturated carbocycles. The molecule has 9 atom stereocenters. The molecule has 8 heteroatoms. The average molecular weight is 636 g/mol. The van der Waals surface area contributed by atoms with Crippen LogP contribution in [-0.4, -0.2) is 55.2 Å². The molecule has 0 aromatic heterocycles. The normalized spacial score (nSPS) is 44.0. The third-order valence-corrected chi connectivity index (χ3v) is 14.2. The predicted octanol–water partition coefficient (Wildman–Crippen LogP) is 2.00. The van der Waals surface area contributed by atoms with Crippen LogP contribution in [0.25, 0.3) is 0 Å². The first kappa shape index (κ1) is 35.4. The number of hydrogen-bond donors (Lipinski definition) is 2. The Labute approximate surface area is 271 Å². The Morgan fingerprint density at radius 3 is 2.30 bits per heavy atom. The number of ether oxygens (including phenoxy) is 2. The molecule has 0 bridgehead atoms. The van der Waals surface area contributed by atoms with Crippen molar-refractivity contribution in [3.8, 4) is 0 Å². The molecule has 44 heavy (non-hydrogen) atoms. The van der Waals surface area contributed by atoms with Crippen molar-refractivity contribution < 1.29 is 46.7 Å². The molecule has 0 saturated heterocycles. The van der Waals surface area contributed by atoms with Crippen LogP contribution in [0.2, 0.25) is 0 Å². The molecular formula is C36H58ClNO6. The smallest absolute Gasteiger partial charge is 0.312 e. The number of carbonyl (C=O) groups excluding carboxylic acids is 3. The van der Waals surface area contributed by atoms with E-state index in [2.05, 4.69) is 54.5 Å². The van der Waals surface area contributed by atoms with E-state index in [-0.39, 0.29) is 81.8 Å². The zero-order chi connectivity index (χ0) is 31.6. The number of aliphatic hydroxyl groups excluding tert-OH is 1. The second-order valence-electron chi connectivity index (χ2n) is 16.9. The number of fused-ring (bicyclic) bond motifs is 7. The first-order valence-electron chi connectivity index (χ1n) is 17.0. The maximum Gasteiger partial charge on any atom is 0.312 e. The number of nitrogens with two attached hydrogens (primary N) is 1. The van der Waals surface area contributed by atoms with Crippen molar-refractivity contribution in [1.82, 2.24) is 0 Å². The highest BCUT2D eigenvalue weighted by atomic mass is 35.5. The van der Waals surface area contributed by atoms with Crippen LogP contribution >= 0.6 is 0 Å². The van der Waals surface area contributed by atoms with Crippen LogP contribution in [0.1, 0.15) is 113 Å². The van der Waals surface area contributed by atoms with Gasteiger partial charge in [0.2, 0.25) is 0 Å². The molecule has 0 radical (unpaired) electrons. The first-order valence-corrected chi connectivity index (χ1v) is 17.0. The standard InChI is InChI=1S/C36H57NO6.ClH/c1-23(39)43-28-10-11-34(6)27(31(28,2)3)9-12-36(8)29(34)26(40)21-24-25-22-33(5,30(41)42-20-18-37-17-19-38)14-13-32(25,4)15-16-35(24,36)7;/h21,25,27-29,37-38H,9-20,22H2,1-8H3;1H/t25-,27-,28-,29+,32+,33-,34-,35+,36+;/m0./s1. The number of allylic oxidation sites excluding steroid dienone is 2. The molecule has 250 valence electrons. The van der Waals surface area contributed by atoms with E-state index in [0.29, 0.717) is 25.6 Å². The summed E-state index contributed by atoms with van der Waals surface area (Å²) in [5, 5.41) is 11.0. The van der Waals surface area contributed by atoms with Crippen molar-refractivity contribution in [2.24, 2.45) is 50.2 Å². The van der Waals surface area contributed by atoms with E-state index in [9.17, 15) is 14.4 Å². The summed E-state index contributed by atoms with van der Waals surface area (Å²) in [7, 11) is 0. The van der Waals surface area contributed by atoms with Gasteiger partial charge in [-0.1, -0.05) is 47.1 Å². The number of halogens is 1. The Balaban J connectivity index is 0.00000442. The average Bonchev–Trinajstić information content (AvgIpc) is 2.92. The highest BCUT2D eigenvalue weighted by Crippen LogP contribution is 2.75.